The van der Waals surface area contributed by atoms with Gasteiger partial charge in [-0.3, -0.25) is 0 Å². The summed E-state index contributed by atoms with van der Waals surface area (Å²) < 4.78 is 0. The Labute approximate surface area is 114 Å². The first-order chi connectivity index (χ1) is 0. The van der Waals surface area contributed by atoms with Gasteiger partial charge >= 0.3 is 56.6 Å². The molecule has 0 unspecified atom stereocenters. The fourth-order valence-electron chi connectivity index (χ4n) is 0. The Hall–Kier alpha value is 3.37. The van der Waals surface area contributed by atoms with Gasteiger partial charge in [-0.05, 0) is 0 Å². The van der Waals surface area contributed by atoms with Gasteiger partial charge in [-0.1, -0.05) is 0 Å². The Balaban J connectivity index is 0. The van der Waals surface area contributed by atoms with Crippen LogP contribution in [0.5, 0.6) is 0 Å². The monoisotopic (exact) mass is 255 g/mol. The van der Waals surface area contributed by atoms with Crippen LogP contribution in [0.15, 0.2) is 0 Å². The minimum atomic E-state index is 0. The van der Waals surface area contributed by atoms with Crippen molar-refractivity contribution in [3.8, 4) is 0 Å². The van der Waals surface area contributed by atoms with Gasteiger partial charge in [-0.15, -0.1) is 0 Å². The van der Waals surface area contributed by atoms with Gasteiger partial charge in [0.2, 0.25) is 0 Å². The molecule has 6 heavy (non-hydrogen) atoms. The second-order valence-electron chi connectivity index (χ2n) is 0. The molecule has 5 radical (unpaired) electrons. The van der Waals surface area contributed by atoms with E-state index in [1.54, 1.807) is 0 Å². The molecule has 0 aromatic carbocycles. The van der Waals surface area contributed by atoms with Gasteiger partial charge in [-0.25, -0.2) is 0 Å². The molecule has 0 atom stereocenters. The van der Waals surface area contributed by atoms with E-state index in [0.717, 1.165) is 0 Å². The first-order valence-corrected chi connectivity index (χ1v) is 0. The standard InChI is InChI=1S/Ag.B.Ca.Li.Ni.H3Si.H/h;;;;;1H3;/q;-1;+2;+1;;2*-1. The quantitative estimate of drug-likeness (QED) is 0.382. The van der Waals surface area contributed by atoms with E-state index in [-0.39, 0.29) is 116 Å². The van der Waals surface area contributed by atoms with Crippen LogP contribution in [0.4, 0.5) is 0 Å². The molecule has 0 amide bonds. The molecule has 0 aliphatic heterocycles. The fraction of sp³-hybridized carbons (Fsp3) is 0. The maximum Gasteiger partial charge on any atom is 2.00 e. The summed E-state index contributed by atoms with van der Waals surface area (Å²) in [7, 11) is 0. The summed E-state index contributed by atoms with van der Waals surface area (Å²) >= 11 is 0. The summed E-state index contributed by atoms with van der Waals surface area (Å²) in [5.41, 5.74) is 0. The molecule has 0 bridgehead atoms. The third kappa shape index (κ3) is 26.3. The minimum absolute atomic E-state index is 0. The molecule has 0 aliphatic carbocycles. The number of rotatable bonds is 0. The van der Waals surface area contributed by atoms with Crippen molar-refractivity contribution in [2.75, 3.05) is 0 Å². The Kier molecular flexibility index (Phi) is 385. The second kappa shape index (κ2) is 40.0. The molecule has 0 saturated carbocycles. The van der Waals surface area contributed by atoms with Crippen LogP contribution in [-0.2, 0) is 38.9 Å². The zero-order chi connectivity index (χ0) is 0. The average Bonchev–Trinajstić information content (AvgIpc) is 0. The fourth-order valence-corrected chi connectivity index (χ4v) is 0. The van der Waals surface area contributed by atoms with Gasteiger partial charge in [0.25, 0.3) is 0 Å². The summed E-state index contributed by atoms with van der Waals surface area (Å²) in [6, 6.07) is 0. The zero-order valence-corrected chi connectivity index (χ0v) is 10.6. The van der Waals surface area contributed by atoms with Crippen LogP contribution in [-0.4, -0.2) is 57.1 Å². The van der Waals surface area contributed by atoms with Crippen molar-refractivity contribution in [2.45, 2.75) is 0 Å². The molecule has 35 valence electrons. The van der Waals surface area contributed by atoms with Gasteiger partial charge in [0.15, 0.2) is 0 Å². The smallest absolute Gasteiger partial charge is 1.00 e. The number of hydrogen-bond acceptors (Lipinski definition) is 0. The molecule has 0 aromatic rings. The van der Waals surface area contributed by atoms with Gasteiger partial charge in [0.05, 0.1) is 0 Å². The van der Waals surface area contributed by atoms with Gasteiger partial charge in [-0.2, -0.15) is 0 Å². The predicted octanol–water partition coefficient (Wildman–Crippen LogP) is -4.83. The van der Waals surface area contributed by atoms with Crippen molar-refractivity contribution in [2.24, 2.45) is 0 Å². The van der Waals surface area contributed by atoms with Crippen molar-refractivity contribution in [1.29, 1.82) is 0 Å². The normalized spacial score (nSPS) is 0. The third-order valence-electron chi connectivity index (χ3n) is 0. The molecule has 0 saturated heterocycles. The Morgan fingerprint density at radius 2 is 1.17 bits per heavy atom. The Morgan fingerprint density at radius 3 is 1.17 bits per heavy atom. The van der Waals surface area contributed by atoms with Crippen LogP contribution in [0.25, 0.3) is 0 Å². The molecular weight excluding hydrogens is 252 g/mol. The molecule has 0 nitrogen and oxygen atoms in total. The van der Waals surface area contributed by atoms with Crippen molar-refractivity contribution >= 4 is 57.1 Å². The number of hydrogen-bond donors (Lipinski definition) is 0. The average molecular weight is 257 g/mol. The predicted molar refractivity (Wildman–Crippen MR) is 22.6 cm³/mol. The van der Waals surface area contributed by atoms with E-state index in [9.17, 15) is 0 Å². The second-order valence-corrected chi connectivity index (χ2v) is 0. The summed E-state index contributed by atoms with van der Waals surface area (Å²) in [5, 5.41) is 0. The van der Waals surface area contributed by atoms with Crippen molar-refractivity contribution in [3.05, 3.63) is 0 Å². The molecule has 0 spiro atoms. The molecule has 0 N–H and O–H groups in total. The first-order valence-electron chi connectivity index (χ1n) is 0. The van der Waals surface area contributed by atoms with Gasteiger partial charge in [0.1, 0.15) is 0 Å². The van der Waals surface area contributed by atoms with Crippen LogP contribution in [0.1, 0.15) is 1.43 Å². The van der Waals surface area contributed by atoms with Crippen molar-refractivity contribution in [3.63, 3.8) is 0 Å². The third-order valence-corrected chi connectivity index (χ3v) is 0. The Morgan fingerprint density at radius 1 is 1.17 bits per heavy atom. The van der Waals surface area contributed by atoms with Gasteiger partial charge in [0, 0.05) is 38.9 Å². The van der Waals surface area contributed by atoms with E-state index in [1.165, 1.54) is 0 Å². The Bertz CT molecular complexity index is 19.7. The topological polar surface area (TPSA) is 0 Å². The SMILES string of the molecule is [Ag].[B-].[Ca+2].[H-].[Li+].[Ni].[SiH3-]. The molecule has 0 fully saturated rings. The minimum Gasteiger partial charge on any atom is -1.00 e. The van der Waals surface area contributed by atoms with Crippen LogP contribution >= 0.6 is 0 Å². The molecule has 0 aliphatic rings. The molecule has 0 heterocycles. The largest absolute Gasteiger partial charge is 2.00 e. The maximum absolute atomic E-state index is 0. The zero-order valence-electron chi connectivity index (χ0n) is 4.90. The van der Waals surface area contributed by atoms with Crippen molar-refractivity contribution in [1.82, 2.24) is 0 Å². The summed E-state index contributed by atoms with van der Waals surface area (Å²) in [6.07, 6.45) is 0. The van der Waals surface area contributed by atoms with Crippen molar-refractivity contribution < 1.29 is 59.2 Å². The summed E-state index contributed by atoms with van der Waals surface area (Å²) in [4.78, 5) is 0. The summed E-state index contributed by atoms with van der Waals surface area (Å²) in [6.45, 7) is 0. The van der Waals surface area contributed by atoms with Crippen LogP contribution in [0.2, 0.25) is 0 Å². The van der Waals surface area contributed by atoms with E-state index in [4.69, 9.17) is 0 Å². The van der Waals surface area contributed by atoms with Crippen LogP contribution in [0, 0.1) is 0 Å². The van der Waals surface area contributed by atoms with E-state index in [2.05, 4.69) is 0 Å². The van der Waals surface area contributed by atoms with Gasteiger partial charge < -0.3 is 20.8 Å². The summed E-state index contributed by atoms with van der Waals surface area (Å²) in [5.74, 6) is 0. The molecule has 6 heteroatoms. The first kappa shape index (κ1) is 57.8. The molecule has 0 aromatic heterocycles. The van der Waals surface area contributed by atoms with E-state index >= 15 is 0 Å². The maximum atomic E-state index is 0. The van der Waals surface area contributed by atoms with Crippen LogP contribution in [0.3, 0.4) is 0 Å². The molecular formula is H4AgBCaLiNiSi. The van der Waals surface area contributed by atoms with E-state index in [0.29, 0.717) is 0 Å². The van der Waals surface area contributed by atoms with E-state index in [1.807, 2.05) is 0 Å². The molecule has 0 rings (SSSR count). The van der Waals surface area contributed by atoms with E-state index < -0.39 is 0 Å². The van der Waals surface area contributed by atoms with Crippen LogP contribution < -0.4 is 18.9 Å².